The molecule has 0 radical (unpaired) electrons. The number of hydrogen-bond donors (Lipinski definition) is 2. The lowest BCUT2D eigenvalue weighted by molar-refractivity contribution is -0.137. The van der Waals surface area contributed by atoms with Crippen molar-refractivity contribution in [3.05, 3.63) is 0 Å². The molecular formula is C16H27N3O2. The van der Waals surface area contributed by atoms with Gasteiger partial charge in [0.05, 0.1) is 0 Å². The molecule has 2 saturated carbocycles. The summed E-state index contributed by atoms with van der Waals surface area (Å²) < 4.78 is 0. The molecule has 2 bridgehead atoms. The maximum atomic E-state index is 12.6. The molecule has 2 aliphatic carbocycles. The largest absolute Gasteiger partial charge is 0.351 e. The molecule has 0 aromatic heterocycles. The minimum absolute atomic E-state index is 0.0125. The monoisotopic (exact) mass is 293 g/mol. The smallest absolute Gasteiger partial charge is 0.243 e. The van der Waals surface area contributed by atoms with Gasteiger partial charge in [-0.2, -0.15) is 0 Å². The fraction of sp³-hybridized carbons (Fsp3) is 0.875. The number of nitrogens with one attached hydrogen (secondary N) is 1. The van der Waals surface area contributed by atoms with Gasteiger partial charge in [0.15, 0.2) is 0 Å². The van der Waals surface area contributed by atoms with Gasteiger partial charge in [0.1, 0.15) is 6.04 Å². The molecule has 0 aromatic rings. The molecule has 3 fully saturated rings. The van der Waals surface area contributed by atoms with E-state index in [4.69, 9.17) is 5.73 Å². The van der Waals surface area contributed by atoms with Gasteiger partial charge in [-0.1, -0.05) is 6.42 Å². The molecule has 118 valence electrons. The SMILES string of the molecule is CC(=O)N1CCCC1C(=O)NC1C2CCCC1CC(N)C2. The van der Waals surface area contributed by atoms with Crippen molar-refractivity contribution in [3.8, 4) is 0 Å². The first kappa shape index (κ1) is 14.8. The van der Waals surface area contributed by atoms with E-state index in [0.29, 0.717) is 17.9 Å². The number of nitrogens with two attached hydrogens (primary N) is 1. The molecular weight excluding hydrogens is 266 g/mol. The Labute approximate surface area is 126 Å². The number of carbonyl (C=O) groups excluding carboxylic acids is 2. The zero-order valence-electron chi connectivity index (χ0n) is 12.9. The topological polar surface area (TPSA) is 75.4 Å². The Morgan fingerprint density at radius 2 is 1.76 bits per heavy atom. The van der Waals surface area contributed by atoms with E-state index in [2.05, 4.69) is 5.32 Å². The number of amides is 2. The summed E-state index contributed by atoms with van der Waals surface area (Å²) in [6.45, 7) is 2.27. The van der Waals surface area contributed by atoms with Gasteiger partial charge in [-0.15, -0.1) is 0 Å². The molecule has 0 spiro atoms. The van der Waals surface area contributed by atoms with Crippen LogP contribution in [0.15, 0.2) is 0 Å². The molecule has 3 N–H and O–H groups in total. The summed E-state index contributed by atoms with van der Waals surface area (Å²) in [4.78, 5) is 25.9. The lowest BCUT2D eigenvalue weighted by Gasteiger charge is -2.45. The first-order valence-corrected chi connectivity index (χ1v) is 8.39. The van der Waals surface area contributed by atoms with E-state index in [0.717, 1.165) is 32.2 Å². The molecule has 3 atom stereocenters. The maximum Gasteiger partial charge on any atom is 0.243 e. The van der Waals surface area contributed by atoms with Crippen LogP contribution < -0.4 is 11.1 Å². The van der Waals surface area contributed by atoms with Gasteiger partial charge in [-0.05, 0) is 50.4 Å². The van der Waals surface area contributed by atoms with E-state index < -0.39 is 0 Å². The van der Waals surface area contributed by atoms with Crippen LogP contribution in [0.2, 0.25) is 0 Å². The highest BCUT2D eigenvalue weighted by molar-refractivity contribution is 5.87. The third kappa shape index (κ3) is 2.93. The number of fused-ring (bicyclic) bond motifs is 2. The summed E-state index contributed by atoms with van der Waals surface area (Å²) in [6, 6.07) is 0.327. The Hall–Kier alpha value is -1.10. The average Bonchev–Trinajstić information content (AvgIpc) is 2.89. The van der Waals surface area contributed by atoms with Crippen molar-refractivity contribution >= 4 is 11.8 Å². The quantitative estimate of drug-likeness (QED) is 0.798. The third-order valence-corrected chi connectivity index (χ3v) is 5.65. The molecule has 1 saturated heterocycles. The van der Waals surface area contributed by atoms with Crippen LogP contribution in [-0.2, 0) is 9.59 Å². The van der Waals surface area contributed by atoms with E-state index in [1.54, 1.807) is 11.8 Å². The highest BCUT2D eigenvalue weighted by Gasteiger charge is 2.42. The fourth-order valence-electron chi connectivity index (χ4n) is 4.70. The minimum atomic E-state index is -0.251. The van der Waals surface area contributed by atoms with E-state index >= 15 is 0 Å². The van der Waals surface area contributed by atoms with E-state index in [9.17, 15) is 9.59 Å². The van der Waals surface area contributed by atoms with Gasteiger partial charge in [0.25, 0.3) is 0 Å². The predicted octanol–water partition coefficient (Wildman–Crippen LogP) is 1.02. The number of hydrogen-bond acceptors (Lipinski definition) is 3. The molecule has 3 unspecified atom stereocenters. The van der Waals surface area contributed by atoms with Crippen molar-refractivity contribution in [1.82, 2.24) is 10.2 Å². The lowest BCUT2D eigenvalue weighted by Crippen LogP contribution is -2.57. The van der Waals surface area contributed by atoms with Crippen molar-refractivity contribution in [2.24, 2.45) is 17.6 Å². The first-order chi connectivity index (χ1) is 10.1. The molecule has 3 aliphatic rings. The highest BCUT2D eigenvalue weighted by Crippen LogP contribution is 2.39. The summed E-state index contributed by atoms with van der Waals surface area (Å²) in [5.41, 5.74) is 6.14. The van der Waals surface area contributed by atoms with Crippen LogP contribution >= 0.6 is 0 Å². The van der Waals surface area contributed by atoms with Gasteiger partial charge >= 0.3 is 0 Å². The Morgan fingerprint density at radius 1 is 1.10 bits per heavy atom. The summed E-state index contributed by atoms with van der Waals surface area (Å²) in [5.74, 6) is 1.13. The van der Waals surface area contributed by atoms with Crippen molar-refractivity contribution in [2.45, 2.75) is 70.0 Å². The van der Waals surface area contributed by atoms with Gasteiger partial charge in [-0.25, -0.2) is 0 Å². The van der Waals surface area contributed by atoms with E-state index in [1.807, 2.05) is 0 Å². The fourth-order valence-corrected chi connectivity index (χ4v) is 4.70. The average molecular weight is 293 g/mol. The summed E-state index contributed by atoms with van der Waals surface area (Å²) in [6.07, 6.45) is 7.40. The van der Waals surface area contributed by atoms with Crippen molar-refractivity contribution in [3.63, 3.8) is 0 Å². The van der Waals surface area contributed by atoms with Crippen LogP contribution in [0.3, 0.4) is 0 Å². The van der Waals surface area contributed by atoms with E-state index in [1.165, 1.54) is 19.3 Å². The third-order valence-electron chi connectivity index (χ3n) is 5.65. The van der Waals surface area contributed by atoms with Crippen LogP contribution in [0.1, 0.15) is 51.9 Å². The molecule has 5 heteroatoms. The Balaban J connectivity index is 1.65. The lowest BCUT2D eigenvalue weighted by atomic mass is 9.67. The minimum Gasteiger partial charge on any atom is -0.351 e. The van der Waals surface area contributed by atoms with Crippen molar-refractivity contribution < 1.29 is 9.59 Å². The highest BCUT2D eigenvalue weighted by atomic mass is 16.2. The van der Waals surface area contributed by atoms with Gasteiger partial charge in [-0.3, -0.25) is 9.59 Å². The number of carbonyl (C=O) groups is 2. The van der Waals surface area contributed by atoms with Gasteiger partial charge < -0.3 is 16.0 Å². The van der Waals surface area contributed by atoms with Crippen LogP contribution in [0.4, 0.5) is 0 Å². The molecule has 1 heterocycles. The molecule has 0 aromatic carbocycles. The Kier molecular flexibility index (Phi) is 4.20. The zero-order valence-corrected chi connectivity index (χ0v) is 12.9. The normalized spacial score (nSPS) is 39.1. The Bertz CT molecular complexity index is 412. The number of likely N-dealkylation sites (tertiary alicyclic amines) is 1. The Morgan fingerprint density at radius 3 is 2.38 bits per heavy atom. The molecule has 1 aliphatic heterocycles. The molecule has 5 nitrogen and oxygen atoms in total. The zero-order chi connectivity index (χ0) is 15.0. The van der Waals surface area contributed by atoms with Gasteiger partial charge in [0.2, 0.25) is 11.8 Å². The van der Waals surface area contributed by atoms with Crippen LogP contribution in [0, 0.1) is 11.8 Å². The molecule has 3 rings (SSSR count). The van der Waals surface area contributed by atoms with Crippen LogP contribution in [-0.4, -0.2) is 41.4 Å². The van der Waals surface area contributed by atoms with Crippen molar-refractivity contribution in [2.75, 3.05) is 6.54 Å². The summed E-state index contributed by atoms with van der Waals surface area (Å²) >= 11 is 0. The first-order valence-electron chi connectivity index (χ1n) is 8.39. The second-order valence-electron chi connectivity index (χ2n) is 7.09. The van der Waals surface area contributed by atoms with Crippen molar-refractivity contribution in [1.29, 1.82) is 0 Å². The number of rotatable bonds is 2. The van der Waals surface area contributed by atoms with Crippen LogP contribution in [0.25, 0.3) is 0 Å². The second kappa shape index (κ2) is 5.95. The maximum absolute atomic E-state index is 12.6. The van der Waals surface area contributed by atoms with Gasteiger partial charge in [0, 0.05) is 25.6 Å². The summed E-state index contributed by atoms with van der Waals surface area (Å²) in [7, 11) is 0. The molecule has 21 heavy (non-hydrogen) atoms. The molecule has 2 amide bonds. The predicted molar refractivity (Wildman–Crippen MR) is 80.4 cm³/mol. The number of nitrogens with zero attached hydrogens (tertiary/aromatic N) is 1. The standard InChI is InChI=1S/C16H27N3O2/c1-10(20)19-7-3-6-14(19)16(21)18-15-11-4-2-5-12(15)9-13(17)8-11/h11-15H,2-9,17H2,1H3,(H,18,21). The second-order valence-corrected chi connectivity index (χ2v) is 7.09. The van der Waals surface area contributed by atoms with Crippen LogP contribution in [0.5, 0.6) is 0 Å². The van der Waals surface area contributed by atoms with E-state index in [-0.39, 0.29) is 23.9 Å². The summed E-state index contributed by atoms with van der Waals surface area (Å²) in [5, 5.41) is 3.28.